The smallest absolute Gasteiger partial charge is 0.212 e. The second-order valence-corrected chi connectivity index (χ2v) is 0.948. The molecule has 0 spiro atoms. The molecule has 0 atom stereocenters. The molecule has 0 saturated heterocycles. The standard InChI is InChI=1S/C4H4F3/c1-3(5)2-4(6)7/h2,4H,1H2. The molecular formula is C4H4F3. The van der Waals surface area contributed by atoms with Crippen molar-refractivity contribution >= 4 is 0 Å². The van der Waals surface area contributed by atoms with E-state index >= 15 is 0 Å². The zero-order valence-electron chi connectivity index (χ0n) is 3.50. The Morgan fingerprint density at radius 1 is 1.57 bits per heavy atom. The Morgan fingerprint density at radius 2 is 2.00 bits per heavy atom. The van der Waals surface area contributed by atoms with Crippen molar-refractivity contribution in [1.82, 2.24) is 0 Å². The summed E-state index contributed by atoms with van der Waals surface area (Å²) in [7, 11) is 0. The van der Waals surface area contributed by atoms with Crippen LogP contribution in [0.15, 0.2) is 11.9 Å². The van der Waals surface area contributed by atoms with Crippen LogP contribution in [0, 0.1) is 6.92 Å². The van der Waals surface area contributed by atoms with Crippen molar-refractivity contribution in [2.24, 2.45) is 0 Å². The fraction of sp³-hybridized carbons (Fsp3) is 0.250. The summed E-state index contributed by atoms with van der Waals surface area (Å²) in [4.78, 5) is 0. The van der Waals surface area contributed by atoms with Gasteiger partial charge in [-0.15, -0.1) is 0 Å². The minimum absolute atomic E-state index is 0.139. The maximum Gasteiger partial charge on any atom is 0.259 e. The quantitative estimate of drug-likeness (QED) is 0.482. The molecule has 0 aliphatic heterocycles. The summed E-state index contributed by atoms with van der Waals surface area (Å²) in [5.41, 5.74) is 0. The minimum atomic E-state index is -2.72. The largest absolute Gasteiger partial charge is 0.259 e. The van der Waals surface area contributed by atoms with Gasteiger partial charge in [0.15, 0.2) is 0 Å². The van der Waals surface area contributed by atoms with Gasteiger partial charge in [0.25, 0.3) is 6.43 Å². The molecule has 0 saturated carbocycles. The van der Waals surface area contributed by atoms with Crippen LogP contribution >= 0.6 is 0 Å². The van der Waals surface area contributed by atoms with Gasteiger partial charge in [-0.1, -0.05) is 0 Å². The maximum atomic E-state index is 11.2. The van der Waals surface area contributed by atoms with Gasteiger partial charge >= 0.3 is 0 Å². The van der Waals surface area contributed by atoms with Crippen molar-refractivity contribution in [2.45, 2.75) is 6.43 Å². The van der Waals surface area contributed by atoms with E-state index in [1.54, 1.807) is 0 Å². The van der Waals surface area contributed by atoms with Crippen LogP contribution in [0.5, 0.6) is 0 Å². The highest BCUT2D eigenvalue weighted by molar-refractivity contribution is 4.95. The van der Waals surface area contributed by atoms with E-state index in [1.165, 1.54) is 0 Å². The summed E-state index contributed by atoms with van der Waals surface area (Å²) < 4.78 is 33.1. The summed E-state index contributed by atoms with van der Waals surface area (Å²) in [6.07, 6.45) is -2.59. The van der Waals surface area contributed by atoms with Crippen LogP contribution < -0.4 is 0 Å². The number of allylic oxidation sites excluding steroid dienone is 2. The molecule has 0 amide bonds. The highest BCUT2D eigenvalue weighted by Crippen LogP contribution is 1.99. The predicted molar refractivity (Wildman–Crippen MR) is 20.6 cm³/mol. The van der Waals surface area contributed by atoms with Gasteiger partial charge in [0.1, 0.15) is 5.83 Å². The third-order valence-electron chi connectivity index (χ3n) is 0.307. The van der Waals surface area contributed by atoms with Gasteiger partial charge in [0, 0.05) is 13.0 Å². The lowest BCUT2D eigenvalue weighted by Gasteiger charge is -1.82. The number of hydrogen-bond acceptors (Lipinski definition) is 0. The third-order valence-corrected chi connectivity index (χ3v) is 0.307. The van der Waals surface area contributed by atoms with E-state index in [-0.39, 0.29) is 6.08 Å². The molecule has 0 fully saturated rings. The average Bonchev–Trinajstić information content (AvgIpc) is 1.27. The first-order chi connectivity index (χ1) is 3.13. The second-order valence-electron chi connectivity index (χ2n) is 0.948. The van der Waals surface area contributed by atoms with E-state index < -0.39 is 12.3 Å². The van der Waals surface area contributed by atoms with Crippen molar-refractivity contribution in [1.29, 1.82) is 0 Å². The maximum absolute atomic E-state index is 11.2. The predicted octanol–water partition coefficient (Wildman–Crippen LogP) is 1.94. The molecule has 0 aromatic heterocycles. The van der Waals surface area contributed by atoms with Gasteiger partial charge in [0.05, 0.1) is 0 Å². The molecule has 7 heavy (non-hydrogen) atoms. The molecule has 0 unspecified atom stereocenters. The fourth-order valence-corrected chi connectivity index (χ4v) is 0.137. The van der Waals surface area contributed by atoms with Crippen LogP contribution in [-0.4, -0.2) is 6.43 Å². The SMILES string of the molecule is [CH2]C(F)=CC(F)F. The normalized spacial score (nSPS) is 13.0. The second kappa shape index (κ2) is 2.66. The van der Waals surface area contributed by atoms with Gasteiger partial charge in [0.2, 0.25) is 0 Å². The van der Waals surface area contributed by atoms with E-state index in [0.29, 0.717) is 0 Å². The van der Waals surface area contributed by atoms with Crippen molar-refractivity contribution in [3.8, 4) is 0 Å². The van der Waals surface area contributed by atoms with Crippen LogP contribution in [0.1, 0.15) is 0 Å². The van der Waals surface area contributed by atoms with Gasteiger partial charge in [-0.2, -0.15) is 0 Å². The van der Waals surface area contributed by atoms with E-state index in [2.05, 4.69) is 6.92 Å². The van der Waals surface area contributed by atoms with E-state index in [1.807, 2.05) is 0 Å². The molecule has 0 rings (SSSR count). The molecule has 0 nitrogen and oxygen atoms in total. The van der Waals surface area contributed by atoms with Crippen molar-refractivity contribution in [3.05, 3.63) is 18.8 Å². The highest BCUT2D eigenvalue weighted by atomic mass is 19.3. The lowest BCUT2D eigenvalue weighted by molar-refractivity contribution is 0.201. The molecule has 0 heterocycles. The van der Waals surface area contributed by atoms with E-state index in [4.69, 9.17) is 0 Å². The van der Waals surface area contributed by atoms with Crippen LogP contribution in [0.4, 0.5) is 13.2 Å². The first-order valence-corrected chi connectivity index (χ1v) is 1.60. The minimum Gasteiger partial charge on any atom is -0.212 e. The Labute approximate surface area is 39.6 Å². The molecule has 3 heteroatoms. The number of alkyl halides is 2. The molecule has 0 aromatic carbocycles. The topological polar surface area (TPSA) is 0 Å². The molecule has 41 valence electrons. The third kappa shape index (κ3) is 5.53. The fourth-order valence-electron chi connectivity index (χ4n) is 0.137. The molecule has 0 bridgehead atoms. The Bertz CT molecular complexity index is 71.0. The Kier molecular flexibility index (Phi) is 2.48. The van der Waals surface area contributed by atoms with Crippen molar-refractivity contribution in [3.63, 3.8) is 0 Å². The first kappa shape index (κ1) is 6.53. The lowest BCUT2D eigenvalue weighted by Crippen LogP contribution is -1.80. The van der Waals surface area contributed by atoms with Crippen LogP contribution in [0.2, 0.25) is 0 Å². The summed E-state index contributed by atoms with van der Waals surface area (Å²) in [5, 5.41) is 0. The molecule has 0 aliphatic rings. The molecule has 0 N–H and O–H groups in total. The number of hydrogen-bond donors (Lipinski definition) is 0. The number of halogens is 3. The van der Waals surface area contributed by atoms with Crippen LogP contribution in [0.3, 0.4) is 0 Å². The lowest BCUT2D eigenvalue weighted by atomic mass is 10.5. The van der Waals surface area contributed by atoms with E-state index in [0.717, 1.165) is 0 Å². The summed E-state index contributed by atoms with van der Waals surface area (Å²) in [6, 6.07) is 0. The molecule has 0 aromatic rings. The van der Waals surface area contributed by atoms with Gasteiger partial charge in [-0.05, 0) is 0 Å². The molecule has 1 radical (unpaired) electrons. The zero-order chi connectivity index (χ0) is 5.86. The zero-order valence-corrected chi connectivity index (χ0v) is 3.50. The van der Waals surface area contributed by atoms with Gasteiger partial charge in [-0.3, -0.25) is 0 Å². The number of rotatable bonds is 1. The van der Waals surface area contributed by atoms with Gasteiger partial charge in [-0.25, -0.2) is 13.2 Å². The average molecular weight is 109 g/mol. The Morgan fingerprint density at radius 3 is 2.00 bits per heavy atom. The monoisotopic (exact) mass is 109 g/mol. The molecular weight excluding hydrogens is 105 g/mol. The van der Waals surface area contributed by atoms with Crippen molar-refractivity contribution in [2.75, 3.05) is 0 Å². The summed E-state index contributed by atoms with van der Waals surface area (Å²) in [5.74, 6) is -1.09. The Balaban J connectivity index is 3.45. The molecule has 0 aliphatic carbocycles. The Hall–Kier alpha value is -0.470. The van der Waals surface area contributed by atoms with E-state index in [9.17, 15) is 13.2 Å². The van der Waals surface area contributed by atoms with Crippen LogP contribution in [0.25, 0.3) is 0 Å². The summed E-state index contributed by atoms with van der Waals surface area (Å²) >= 11 is 0. The van der Waals surface area contributed by atoms with Crippen LogP contribution in [-0.2, 0) is 0 Å². The summed E-state index contributed by atoms with van der Waals surface area (Å²) in [6.45, 7) is 2.59. The van der Waals surface area contributed by atoms with Crippen molar-refractivity contribution < 1.29 is 13.2 Å². The highest BCUT2D eigenvalue weighted by Gasteiger charge is 1.94. The van der Waals surface area contributed by atoms with Gasteiger partial charge < -0.3 is 0 Å². The first-order valence-electron chi connectivity index (χ1n) is 1.60.